The molecule has 1 aromatic carbocycles. The lowest BCUT2D eigenvalue weighted by molar-refractivity contribution is -0.672. The number of ketones is 1. The number of carbonyl (C=O) groups is 1. The van der Waals surface area contributed by atoms with Gasteiger partial charge in [0.05, 0.1) is 9.74 Å². The van der Waals surface area contributed by atoms with Crippen molar-refractivity contribution in [1.29, 1.82) is 0 Å². The van der Waals surface area contributed by atoms with E-state index in [0.717, 1.165) is 4.47 Å². The van der Waals surface area contributed by atoms with E-state index in [2.05, 4.69) is 25.7 Å². The number of Topliss-reactive ketones (excluding diaryl/α,β-unsaturated/α-hetero) is 1. The van der Waals surface area contributed by atoms with Crippen molar-refractivity contribution in [3.8, 4) is 11.6 Å². The molecule has 16 heavy (non-hydrogen) atoms. The second-order valence-electron chi connectivity index (χ2n) is 3.13. The number of para-hydroxylation sites is 1. The Kier molecular flexibility index (Phi) is 2.74. The van der Waals surface area contributed by atoms with Crippen molar-refractivity contribution in [3.05, 3.63) is 34.4 Å². The molecule has 0 bridgehead atoms. The number of benzene rings is 1. The normalized spacial score (nSPS) is 10.4. The van der Waals surface area contributed by atoms with E-state index < -0.39 is 5.95 Å². The largest absolute Gasteiger partial charge is 0.539 e. The SMILES string of the molecule is CC(=O)c1c([O-])on[n+]1-c1ccccc1Br. The second kappa shape index (κ2) is 4.05. The van der Waals surface area contributed by atoms with Crippen LogP contribution in [0.4, 0.5) is 0 Å². The molecule has 1 aromatic heterocycles. The fourth-order valence-electron chi connectivity index (χ4n) is 1.33. The van der Waals surface area contributed by atoms with Gasteiger partial charge in [-0.1, -0.05) is 12.1 Å². The van der Waals surface area contributed by atoms with E-state index in [0.29, 0.717) is 5.69 Å². The molecule has 0 aliphatic heterocycles. The molecule has 2 rings (SSSR count). The summed E-state index contributed by atoms with van der Waals surface area (Å²) in [5, 5.41) is 14.8. The molecule has 5 nitrogen and oxygen atoms in total. The Morgan fingerprint density at radius 2 is 2.19 bits per heavy atom. The third-order valence-corrected chi connectivity index (χ3v) is 2.70. The van der Waals surface area contributed by atoms with Crippen molar-refractivity contribution >= 4 is 21.7 Å². The highest BCUT2D eigenvalue weighted by atomic mass is 79.9. The zero-order valence-corrected chi connectivity index (χ0v) is 9.89. The van der Waals surface area contributed by atoms with Gasteiger partial charge in [-0.25, -0.2) is 0 Å². The molecule has 0 aliphatic rings. The molecule has 0 unspecified atom stereocenters. The first-order chi connectivity index (χ1) is 7.61. The van der Waals surface area contributed by atoms with Crippen LogP contribution in [0.15, 0.2) is 33.3 Å². The maximum Gasteiger partial charge on any atom is 0.305 e. The number of carbonyl (C=O) groups excluding carboxylic acids is 1. The van der Waals surface area contributed by atoms with Crippen LogP contribution in [0.25, 0.3) is 5.69 Å². The Hall–Kier alpha value is -1.69. The Morgan fingerprint density at radius 1 is 1.50 bits per heavy atom. The molecule has 82 valence electrons. The minimum Gasteiger partial charge on any atom is -0.539 e. The van der Waals surface area contributed by atoms with E-state index in [1.54, 1.807) is 18.2 Å². The standard InChI is InChI=1S/C10H7BrN2O3/c1-6(14)9-10(15)16-12-13(9)8-5-3-2-4-7(8)11/h2-5H,1H3. The zero-order valence-electron chi connectivity index (χ0n) is 8.31. The van der Waals surface area contributed by atoms with Crippen molar-refractivity contribution < 1.29 is 19.1 Å². The van der Waals surface area contributed by atoms with Crippen molar-refractivity contribution in [1.82, 2.24) is 5.27 Å². The predicted molar refractivity (Wildman–Crippen MR) is 55.2 cm³/mol. The Morgan fingerprint density at radius 3 is 2.81 bits per heavy atom. The monoisotopic (exact) mass is 282 g/mol. The summed E-state index contributed by atoms with van der Waals surface area (Å²) < 4.78 is 6.39. The van der Waals surface area contributed by atoms with E-state index in [-0.39, 0.29) is 11.5 Å². The molecule has 0 fully saturated rings. The summed E-state index contributed by atoms with van der Waals surface area (Å²) >= 11 is 3.31. The molecule has 0 atom stereocenters. The molecular weight excluding hydrogens is 276 g/mol. The molecule has 0 saturated heterocycles. The van der Waals surface area contributed by atoms with E-state index in [9.17, 15) is 9.90 Å². The van der Waals surface area contributed by atoms with Crippen molar-refractivity contribution in [2.45, 2.75) is 6.92 Å². The number of rotatable bonds is 2. The van der Waals surface area contributed by atoms with Crippen LogP contribution >= 0.6 is 15.9 Å². The smallest absolute Gasteiger partial charge is 0.305 e. The second-order valence-corrected chi connectivity index (χ2v) is 3.98. The van der Waals surface area contributed by atoms with Gasteiger partial charge in [-0.3, -0.25) is 4.79 Å². The van der Waals surface area contributed by atoms with Crippen molar-refractivity contribution in [2.24, 2.45) is 0 Å². The summed E-state index contributed by atoms with van der Waals surface area (Å²) in [5.74, 6) is -1.12. The fraction of sp³-hybridized carbons (Fsp3) is 0.100. The molecule has 0 saturated carbocycles. The third-order valence-electron chi connectivity index (χ3n) is 2.02. The Labute approximate surface area is 99.4 Å². The van der Waals surface area contributed by atoms with E-state index >= 15 is 0 Å². The maximum absolute atomic E-state index is 11.3. The summed E-state index contributed by atoms with van der Waals surface area (Å²) in [6.07, 6.45) is 0. The van der Waals surface area contributed by atoms with Crippen LogP contribution in [0, 0.1) is 0 Å². The minimum atomic E-state index is -0.733. The molecule has 1 heterocycles. The average Bonchev–Trinajstić information content (AvgIpc) is 2.61. The van der Waals surface area contributed by atoms with Gasteiger partial charge in [0.25, 0.3) is 5.69 Å². The van der Waals surface area contributed by atoms with Crippen LogP contribution in [-0.2, 0) is 0 Å². The summed E-state index contributed by atoms with van der Waals surface area (Å²) in [5.41, 5.74) is 0.491. The van der Waals surface area contributed by atoms with Gasteiger partial charge in [0.1, 0.15) is 0 Å². The summed E-state index contributed by atoms with van der Waals surface area (Å²) in [6.45, 7) is 1.29. The van der Waals surface area contributed by atoms with Gasteiger partial charge in [0.15, 0.2) is 5.95 Å². The topological polar surface area (TPSA) is 70.0 Å². The first kappa shape index (κ1) is 10.8. The summed E-state index contributed by atoms with van der Waals surface area (Å²) in [7, 11) is 0. The molecule has 0 amide bonds. The third kappa shape index (κ3) is 1.71. The van der Waals surface area contributed by atoms with Gasteiger partial charge < -0.3 is 9.63 Å². The summed E-state index contributed by atoms with van der Waals surface area (Å²) in [6, 6.07) is 7.10. The number of hydrogen-bond donors (Lipinski definition) is 0. The number of hydrogen-bond acceptors (Lipinski definition) is 4. The van der Waals surface area contributed by atoms with Crippen molar-refractivity contribution in [2.75, 3.05) is 0 Å². The first-order valence-corrected chi connectivity index (χ1v) is 5.25. The molecule has 6 heteroatoms. The van der Waals surface area contributed by atoms with Crippen LogP contribution in [-0.4, -0.2) is 11.1 Å². The minimum absolute atomic E-state index is 0.0908. The summed E-state index contributed by atoms with van der Waals surface area (Å²) in [4.78, 5) is 11.3. The number of nitrogens with zero attached hydrogens (tertiary/aromatic N) is 2. The Bertz CT molecular complexity index is 551. The average molecular weight is 283 g/mol. The highest BCUT2D eigenvalue weighted by Gasteiger charge is 2.25. The van der Waals surface area contributed by atoms with Crippen molar-refractivity contribution in [3.63, 3.8) is 0 Å². The number of halogens is 1. The predicted octanol–water partition coefficient (Wildman–Crippen LogP) is 0.990. The fourth-order valence-corrected chi connectivity index (χ4v) is 1.78. The van der Waals surface area contributed by atoms with Crippen LogP contribution in [0.5, 0.6) is 5.95 Å². The molecule has 0 spiro atoms. The Balaban J connectivity index is 2.66. The van der Waals surface area contributed by atoms with Gasteiger partial charge in [-0.05, 0) is 26.7 Å². The quantitative estimate of drug-likeness (QED) is 0.608. The van der Waals surface area contributed by atoms with E-state index in [1.807, 2.05) is 6.07 Å². The molecule has 0 aliphatic carbocycles. The molecule has 0 N–H and O–H groups in total. The first-order valence-electron chi connectivity index (χ1n) is 4.46. The highest BCUT2D eigenvalue weighted by Crippen LogP contribution is 2.18. The van der Waals surface area contributed by atoms with Crippen LogP contribution < -0.4 is 9.79 Å². The van der Waals surface area contributed by atoms with Crippen LogP contribution in [0.2, 0.25) is 0 Å². The van der Waals surface area contributed by atoms with Crippen LogP contribution in [0.1, 0.15) is 17.4 Å². The van der Waals surface area contributed by atoms with Gasteiger partial charge in [0.2, 0.25) is 5.78 Å². The van der Waals surface area contributed by atoms with Gasteiger partial charge in [-0.2, -0.15) is 0 Å². The lowest BCUT2D eigenvalue weighted by Crippen LogP contribution is -2.38. The highest BCUT2D eigenvalue weighted by molar-refractivity contribution is 9.10. The number of aromatic nitrogens is 2. The van der Waals surface area contributed by atoms with Crippen LogP contribution in [0.3, 0.4) is 0 Å². The molecular formula is C10H7BrN2O3. The van der Waals surface area contributed by atoms with Gasteiger partial charge in [0, 0.05) is 13.0 Å². The van der Waals surface area contributed by atoms with E-state index in [1.165, 1.54) is 11.6 Å². The lowest BCUT2D eigenvalue weighted by atomic mass is 10.3. The maximum atomic E-state index is 11.3. The van der Waals surface area contributed by atoms with E-state index in [4.69, 9.17) is 0 Å². The lowest BCUT2D eigenvalue weighted by Gasteiger charge is -1.95. The molecule has 2 aromatic rings. The zero-order chi connectivity index (χ0) is 11.7. The van der Waals surface area contributed by atoms with Gasteiger partial charge >= 0.3 is 5.69 Å². The van der Waals surface area contributed by atoms with Gasteiger partial charge in [-0.15, -0.1) is 0 Å². The molecule has 0 radical (unpaired) electrons.